The summed E-state index contributed by atoms with van der Waals surface area (Å²) in [6, 6.07) is 3.91. The smallest absolute Gasteiger partial charge is 0.338 e. The van der Waals surface area contributed by atoms with Crippen LogP contribution in [0.1, 0.15) is 29.4 Å². The van der Waals surface area contributed by atoms with Gasteiger partial charge in [0.25, 0.3) is 5.56 Å². The fraction of sp³-hybridized carbons (Fsp3) is 0.286. The summed E-state index contributed by atoms with van der Waals surface area (Å²) in [7, 11) is 0. The maximum absolute atomic E-state index is 13.9. The van der Waals surface area contributed by atoms with Crippen molar-refractivity contribution in [1.82, 2.24) is 4.73 Å². The van der Waals surface area contributed by atoms with E-state index < -0.39 is 17.3 Å². The summed E-state index contributed by atoms with van der Waals surface area (Å²) >= 11 is 0. The molecule has 0 fully saturated rings. The molecular formula is C14H14FNO4. The average molecular weight is 279 g/mol. The molecule has 2 aromatic rings. The topological polar surface area (TPSA) is 68.5 Å². The van der Waals surface area contributed by atoms with Crippen molar-refractivity contribution in [3.63, 3.8) is 0 Å². The number of carbonyl (C=O) groups is 1. The Morgan fingerprint density at radius 2 is 2.15 bits per heavy atom. The largest absolute Gasteiger partial charge is 0.478 e. The van der Waals surface area contributed by atoms with Crippen molar-refractivity contribution < 1.29 is 19.1 Å². The highest BCUT2D eigenvalue weighted by atomic mass is 19.1. The van der Waals surface area contributed by atoms with Crippen molar-refractivity contribution >= 4 is 16.7 Å². The summed E-state index contributed by atoms with van der Waals surface area (Å²) in [5.74, 6) is -1.99. The fourth-order valence-corrected chi connectivity index (χ4v) is 2.11. The normalized spacial score (nSPS) is 10.8. The molecule has 0 spiro atoms. The molecule has 0 amide bonds. The Morgan fingerprint density at radius 1 is 1.45 bits per heavy atom. The molecule has 5 nitrogen and oxygen atoms in total. The number of aromatic carboxylic acids is 1. The van der Waals surface area contributed by atoms with Crippen molar-refractivity contribution in [2.45, 2.75) is 20.3 Å². The molecule has 0 aliphatic rings. The third-order valence-corrected chi connectivity index (χ3v) is 2.99. The van der Waals surface area contributed by atoms with E-state index in [0.717, 1.165) is 10.8 Å². The molecule has 6 heteroatoms. The van der Waals surface area contributed by atoms with E-state index in [2.05, 4.69) is 0 Å². The van der Waals surface area contributed by atoms with Gasteiger partial charge in [-0.15, -0.1) is 4.73 Å². The molecule has 0 atom stereocenters. The number of nitrogens with zero attached hydrogens (tertiary/aromatic N) is 1. The third kappa shape index (κ3) is 2.13. The lowest BCUT2D eigenvalue weighted by Crippen LogP contribution is -2.32. The molecule has 1 aromatic heterocycles. The van der Waals surface area contributed by atoms with E-state index in [4.69, 9.17) is 4.84 Å². The van der Waals surface area contributed by atoms with Crippen molar-refractivity contribution in [2.75, 3.05) is 6.61 Å². The lowest BCUT2D eigenvalue weighted by Gasteiger charge is -2.15. The summed E-state index contributed by atoms with van der Waals surface area (Å²) < 4.78 is 14.7. The lowest BCUT2D eigenvalue weighted by molar-refractivity contribution is 0.0680. The molecule has 0 aliphatic heterocycles. The Hall–Kier alpha value is -2.37. The van der Waals surface area contributed by atoms with Gasteiger partial charge in [-0.25, -0.2) is 9.18 Å². The van der Waals surface area contributed by atoms with Crippen molar-refractivity contribution in [3.05, 3.63) is 45.6 Å². The molecule has 2 rings (SSSR count). The fourth-order valence-electron chi connectivity index (χ4n) is 2.11. The predicted molar refractivity (Wildman–Crippen MR) is 71.6 cm³/mol. The van der Waals surface area contributed by atoms with Gasteiger partial charge in [0.2, 0.25) is 0 Å². The number of carboxylic acids is 1. The van der Waals surface area contributed by atoms with Crippen LogP contribution in [0.15, 0.2) is 23.0 Å². The van der Waals surface area contributed by atoms with Crippen molar-refractivity contribution in [3.8, 4) is 0 Å². The average Bonchev–Trinajstić information content (AvgIpc) is 2.38. The Bertz CT molecular complexity index is 736. The van der Waals surface area contributed by atoms with E-state index in [1.807, 2.05) is 6.92 Å². The van der Waals surface area contributed by atoms with Crippen LogP contribution in [0, 0.1) is 12.7 Å². The van der Waals surface area contributed by atoms with Crippen LogP contribution in [0.25, 0.3) is 10.8 Å². The Balaban J connectivity index is 2.91. The first-order valence-electron chi connectivity index (χ1n) is 6.19. The van der Waals surface area contributed by atoms with Gasteiger partial charge in [-0.2, -0.15) is 0 Å². The zero-order chi connectivity index (χ0) is 14.9. The standard InChI is InChI=1S/C14H14FNO4/c1-3-7-20-16-8(2)11(14(18)19)9-5-4-6-10(15)12(9)13(16)17/h4-6H,3,7H2,1-2H3,(H,18,19). The van der Waals surface area contributed by atoms with Crippen LogP contribution < -0.4 is 10.4 Å². The van der Waals surface area contributed by atoms with Gasteiger partial charge < -0.3 is 9.94 Å². The summed E-state index contributed by atoms with van der Waals surface area (Å²) in [5.41, 5.74) is -0.668. The van der Waals surface area contributed by atoms with Crippen LogP contribution in [0.4, 0.5) is 4.39 Å². The molecule has 0 unspecified atom stereocenters. The summed E-state index contributed by atoms with van der Waals surface area (Å²) in [4.78, 5) is 28.9. The van der Waals surface area contributed by atoms with Crippen LogP contribution in [0.5, 0.6) is 0 Å². The zero-order valence-electron chi connectivity index (χ0n) is 11.1. The molecule has 1 aromatic carbocycles. The number of halogens is 1. The maximum Gasteiger partial charge on any atom is 0.338 e. The minimum Gasteiger partial charge on any atom is -0.478 e. The molecule has 0 radical (unpaired) electrons. The molecule has 0 saturated carbocycles. The van der Waals surface area contributed by atoms with E-state index in [9.17, 15) is 19.1 Å². The van der Waals surface area contributed by atoms with E-state index in [1.165, 1.54) is 19.1 Å². The number of fused-ring (bicyclic) bond motifs is 1. The van der Waals surface area contributed by atoms with E-state index in [0.29, 0.717) is 6.42 Å². The number of rotatable bonds is 4. The van der Waals surface area contributed by atoms with Gasteiger partial charge in [0.1, 0.15) is 12.4 Å². The van der Waals surface area contributed by atoms with E-state index in [1.54, 1.807) is 0 Å². The molecule has 1 N–H and O–H groups in total. The number of benzene rings is 1. The maximum atomic E-state index is 13.9. The molecule has 0 aliphatic carbocycles. The second-order valence-corrected chi connectivity index (χ2v) is 4.36. The van der Waals surface area contributed by atoms with E-state index >= 15 is 0 Å². The quantitative estimate of drug-likeness (QED) is 0.929. The Labute approximate surface area is 114 Å². The molecule has 20 heavy (non-hydrogen) atoms. The second-order valence-electron chi connectivity index (χ2n) is 4.36. The third-order valence-electron chi connectivity index (χ3n) is 2.99. The van der Waals surface area contributed by atoms with Gasteiger partial charge in [-0.1, -0.05) is 19.1 Å². The van der Waals surface area contributed by atoms with Gasteiger partial charge in [-0.05, 0) is 19.4 Å². The monoisotopic (exact) mass is 279 g/mol. The zero-order valence-corrected chi connectivity index (χ0v) is 11.1. The summed E-state index contributed by atoms with van der Waals surface area (Å²) in [6.45, 7) is 3.55. The number of carboxylic acid groups (broad SMARTS) is 1. The first kappa shape index (κ1) is 14.0. The van der Waals surface area contributed by atoms with Gasteiger partial charge in [-0.3, -0.25) is 4.79 Å². The number of pyridine rings is 1. The SMILES string of the molecule is CCCOn1c(C)c(C(=O)O)c2cccc(F)c2c1=O. The second kappa shape index (κ2) is 5.32. The van der Waals surface area contributed by atoms with Gasteiger partial charge in [0, 0.05) is 5.39 Å². The molecule has 106 valence electrons. The first-order chi connectivity index (χ1) is 9.49. The summed E-state index contributed by atoms with van der Waals surface area (Å²) in [5, 5.41) is 9.11. The highest BCUT2D eigenvalue weighted by Gasteiger charge is 2.21. The predicted octanol–water partition coefficient (Wildman–Crippen LogP) is 1.99. The van der Waals surface area contributed by atoms with Gasteiger partial charge in [0.15, 0.2) is 0 Å². The van der Waals surface area contributed by atoms with Crippen molar-refractivity contribution in [1.29, 1.82) is 0 Å². The molecule has 0 bridgehead atoms. The number of hydrogen-bond donors (Lipinski definition) is 1. The van der Waals surface area contributed by atoms with Crippen LogP contribution in [0.3, 0.4) is 0 Å². The van der Waals surface area contributed by atoms with Crippen molar-refractivity contribution in [2.24, 2.45) is 0 Å². The molecule has 0 saturated heterocycles. The van der Waals surface area contributed by atoms with Gasteiger partial charge >= 0.3 is 5.97 Å². The molecular weight excluding hydrogens is 265 g/mol. The molecule has 1 heterocycles. The van der Waals surface area contributed by atoms with Crippen LogP contribution in [-0.4, -0.2) is 22.4 Å². The summed E-state index contributed by atoms with van der Waals surface area (Å²) in [6.07, 6.45) is 0.642. The lowest BCUT2D eigenvalue weighted by atomic mass is 10.0. The van der Waals surface area contributed by atoms with Crippen LogP contribution >= 0.6 is 0 Å². The van der Waals surface area contributed by atoms with Gasteiger partial charge in [0.05, 0.1) is 16.6 Å². The highest BCUT2D eigenvalue weighted by Crippen LogP contribution is 2.21. The number of aromatic nitrogens is 1. The van der Waals surface area contributed by atoms with Crippen LogP contribution in [0.2, 0.25) is 0 Å². The Morgan fingerprint density at radius 3 is 2.75 bits per heavy atom. The minimum absolute atomic E-state index is 0.0800. The van der Waals surface area contributed by atoms with Crippen LogP contribution in [-0.2, 0) is 0 Å². The first-order valence-corrected chi connectivity index (χ1v) is 6.19. The van der Waals surface area contributed by atoms with E-state index in [-0.39, 0.29) is 28.6 Å². The number of hydrogen-bond acceptors (Lipinski definition) is 3. The minimum atomic E-state index is -1.23. The highest BCUT2D eigenvalue weighted by molar-refractivity contribution is 6.04. The Kier molecular flexibility index (Phi) is 3.74.